The van der Waals surface area contributed by atoms with E-state index in [0.717, 1.165) is 34.1 Å². The lowest BCUT2D eigenvalue weighted by Gasteiger charge is -2.40. The molecule has 256 valence electrons. The van der Waals surface area contributed by atoms with E-state index in [4.69, 9.17) is 26.9 Å². The first-order valence-corrected chi connectivity index (χ1v) is 16.3. The van der Waals surface area contributed by atoms with E-state index in [-0.39, 0.29) is 46.5 Å². The third kappa shape index (κ3) is 6.19. The van der Waals surface area contributed by atoms with Gasteiger partial charge in [0.15, 0.2) is 33.9 Å². The molecule has 0 aliphatic carbocycles. The summed E-state index contributed by atoms with van der Waals surface area (Å²) in [6.07, 6.45) is -2.54. The topological polar surface area (TPSA) is 260 Å². The molecule has 5 rings (SSSR count). The van der Waals surface area contributed by atoms with Gasteiger partial charge in [-0.2, -0.15) is 0 Å². The molecule has 1 aromatic heterocycles. The number of phenolic OH excluding ortho intramolecular Hbond substituents is 2. The van der Waals surface area contributed by atoms with E-state index >= 15 is 0 Å². The van der Waals surface area contributed by atoms with E-state index in [2.05, 4.69) is 10.1 Å². The molecule has 2 aromatic rings. The Morgan fingerprint density at radius 3 is 2.56 bits per heavy atom. The maximum atomic E-state index is 13.4. The zero-order valence-corrected chi connectivity index (χ0v) is 27.5. The van der Waals surface area contributed by atoms with Crippen LogP contribution in [0.3, 0.4) is 0 Å². The number of β-lactam (4-membered cyclic amide) rings is 1. The van der Waals surface area contributed by atoms with E-state index in [0.29, 0.717) is 0 Å². The third-order valence-corrected chi connectivity index (χ3v) is 10.8. The number of aromatic nitrogens is 1. The number of carbonyl (C=O) groups excluding carboxylic acids is 4. The highest BCUT2D eigenvalue weighted by atomic mass is 35.5. The largest absolute Gasteiger partial charge is 0.504 e. The average Bonchev–Trinajstić information content (AvgIpc) is 3.73. The number of carboxylic acids is 2. The molecule has 4 atom stereocenters. The number of nitrogen functional groups attached to an aromatic ring is 1. The Kier molecular flexibility index (Phi) is 9.23. The number of ketones is 2. The number of amides is 2. The quantitative estimate of drug-likeness (QED) is 0.0651. The van der Waals surface area contributed by atoms with Crippen molar-refractivity contribution in [2.24, 2.45) is 11.1 Å². The molecule has 1 unspecified atom stereocenters. The van der Waals surface area contributed by atoms with Crippen molar-refractivity contribution in [2.75, 3.05) is 18.8 Å². The summed E-state index contributed by atoms with van der Waals surface area (Å²) in [6.45, 7) is 1.81. The lowest BCUT2D eigenvalue weighted by molar-refractivity contribution is -0.161. The number of aromatic hydroxyl groups is 2. The lowest BCUT2D eigenvalue weighted by Crippen LogP contribution is -2.59. The second-order valence-electron chi connectivity index (χ2n) is 11.6. The second-order valence-corrected chi connectivity index (χ2v) is 14.3. The van der Waals surface area contributed by atoms with Gasteiger partial charge >= 0.3 is 18.0 Å². The van der Waals surface area contributed by atoms with Crippen LogP contribution >= 0.6 is 34.7 Å². The van der Waals surface area contributed by atoms with E-state index in [9.17, 15) is 49.2 Å². The van der Waals surface area contributed by atoms with Crippen molar-refractivity contribution in [1.29, 1.82) is 0 Å². The number of benzene rings is 1. The molecule has 4 heterocycles. The number of anilines is 1. The Morgan fingerprint density at radius 1 is 1.23 bits per heavy atom. The van der Waals surface area contributed by atoms with E-state index in [1.165, 1.54) is 30.2 Å². The highest BCUT2D eigenvalue weighted by molar-refractivity contribution is 8.02. The first-order chi connectivity index (χ1) is 22.5. The Morgan fingerprint density at radius 2 is 1.94 bits per heavy atom. The van der Waals surface area contributed by atoms with Gasteiger partial charge < -0.3 is 40.6 Å². The fraction of sp³-hybridized carbons (Fsp3) is 0.429. The summed E-state index contributed by atoms with van der Waals surface area (Å²) < 4.78 is 5.37. The van der Waals surface area contributed by atoms with Crippen LogP contribution in [0.15, 0.2) is 22.7 Å². The Balaban J connectivity index is 1.28. The molecule has 48 heavy (non-hydrogen) atoms. The van der Waals surface area contributed by atoms with Gasteiger partial charge in [0.05, 0.1) is 29.4 Å². The number of phenols is 2. The molecule has 0 bridgehead atoms. The summed E-state index contributed by atoms with van der Waals surface area (Å²) in [5, 5.41) is 43.1. The van der Waals surface area contributed by atoms with Crippen LogP contribution in [0.25, 0.3) is 0 Å². The molecule has 20 heteroatoms. The number of rotatable bonds is 13. The molecule has 0 radical (unpaired) electrons. The number of carboxylic acid groups (broad SMARTS) is 2. The van der Waals surface area contributed by atoms with Gasteiger partial charge in [0, 0.05) is 23.8 Å². The van der Waals surface area contributed by atoms with Crippen molar-refractivity contribution in [3.05, 3.63) is 33.8 Å². The Labute approximate surface area is 284 Å². The summed E-state index contributed by atoms with van der Waals surface area (Å²) in [7, 11) is 0. The number of thiazole rings is 1. The van der Waals surface area contributed by atoms with Crippen LogP contribution in [0, 0.1) is 5.92 Å². The average molecular weight is 726 g/mol. The number of fused-ring (bicyclic) bond motifs is 1. The zero-order valence-electron chi connectivity index (χ0n) is 25.1. The Bertz CT molecular complexity index is 1770. The van der Waals surface area contributed by atoms with Crippen LogP contribution in [0.1, 0.15) is 49.2 Å². The molecule has 0 saturated carbocycles. The number of thioether (sulfide) groups is 1. The molecule has 3 saturated heterocycles. The SMILES string of the molecule is CC(C)(O/N=C(\C(=O)C[C@@H]1C(=O)N2C[C@@](C(=O)O)(N3CC(CCC(=O)c4ccc(O)c(O)c4Cl)OC3=O)S[C@H]12)c1csc(N)n1)C(=O)O. The summed E-state index contributed by atoms with van der Waals surface area (Å²) in [5.41, 5.74) is 3.45. The van der Waals surface area contributed by atoms with Crippen molar-refractivity contribution >= 4 is 81.0 Å². The predicted molar refractivity (Wildman–Crippen MR) is 168 cm³/mol. The van der Waals surface area contributed by atoms with Crippen LogP contribution in [0.4, 0.5) is 9.93 Å². The zero-order chi connectivity index (χ0) is 35.3. The van der Waals surface area contributed by atoms with Gasteiger partial charge in [-0.1, -0.05) is 28.5 Å². The number of cyclic esters (lactones) is 1. The van der Waals surface area contributed by atoms with Gasteiger partial charge in [0.25, 0.3) is 0 Å². The number of nitrogens with zero attached hydrogens (tertiary/aromatic N) is 4. The van der Waals surface area contributed by atoms with E-state index < -0.39 is 87.8 Å². The molecule has 1 aromatic carbocycles. The molecule has 17 nitrogen and oxygen atoms in total. The number of halogens is 1. The molecule has 3 aliphatic rings. The number of aliphatic carboxylic acids is 2. The Hall–Kier alpha value is -4.62. The van der Waals surface area contributed by atoms with Gasteiger partial charge in [0.1, 0.15) is 11.8 Å². The predicted octanol–water partition coefficient (Wildman–Crippen LogP) is 2.13. The highest BCUT2D eigenvalue weighted by Crippen LogP contribution is 2.53. The molecular formula is C28H28ClN5O12S2. The summed E-state index contributed by atoms with van der Waals surface area (Å²) in [5.74, 6) is -6.77. The van der Waals surface area contributed by atoms with Crippen LogP contribution in [0.2, 0.25) is 5.02 Å². The summed E-state index contributed by atoms with van der Waals surface area (Å²) >= 11 is 7.75. The van der Waals surface area contributed by atoms with Crippen LogP contribution in [-0.4, -0.2) is 111 Å². The minimum absolute atomic E-state index is 0.0000877. The van der Waals surface area contributed by atoms with Crippen LogP contribution in [-0.2, 0) is 28.8 Å². The van der Waals surface area contributed by atoms with Gasteiger partial charge in [-0.05, 0) is 32.4 Å². The number of hydrogen-bond donors (Lipinski definition) is 5. The summed E-state index contributed by atoms with van der Waals surface area (Å²) in [4.78, 5) is 85.9. The van der Waals surface area contributed by atoms with Gasteiger partial charge in [-0.25, -0.2) is 19.4 Å². The molecule has 2 amide bonds. The summed E-state index contributed by atoms with van der Waals surface area (Å²) in [6, 6.07) is 2.33. The number of hydrogen-bond acceptors (Lipinski definition) is 15. The van der Waals surface area contributed by atoms with Gasteiger partial charge in [-0.15, -0.1) is 11.3 Å². The van der Waals surface area contributed by atoms with Crippen LogP contribution in [0.5, 0.6) is 11.5 Å². The van der Waals surface area contributed by atoms with Crippen molar-refractivity contribution < 1.29 is 58.8 Å². The maximum absolute atomic E-state index is 13.4. The second kappa shape index (κ2) is 12.8. The number of carbonyl (C=O) groups is 6. The molecular weight excluding hydrogens is 698 g/mol. The minimum atomic E-state index is -1.96. The molecule has 6 N–H and O–H groups in total. The van der Waals surface area contributed by atoms with E-state index in [1.54, 1.807) is 0 Å². The minimum Gasteiger partial charge on any atom is -0.504 e. The van der Waals surface area contributed by atoms with E-state index in [1.807, 2.05) is 0 Å². The van der Waals surface area contributed by atoms with Crippen molar-refractivity contribution in [2.45, 2.75) is 55.1 Å². The number of Topliss-reactive ketones (excluding diaryl/α,β-unsaturated/α-hetero) is 2. The normalized spacial score (nSPS) is 23.8. The molecule has 3 aliphatic heterocycles. The van der Waals surface area contributed by atoms with Crippen molar-refractivity contribution in [3.8, 4) is 11.5 Å². The van der Waals surface area contributed by atoms with Crippen molar-refractivity contribution in [3.63, 3.8) is 0 Å². The highest BCUT2D eigenvalue weighted by Gasteiger charge is 2.66. The monoisotopic (exact) mass is 725 g/mol. The molecule has 0 spiro atoms. The smallest absolute Gasteiger partial charge is 0.411 e. The van der Waals surface area contributed by atoms with Gasteiger partial charge in [-0.3, -0.25) is 19.3 Å². The number of nitrogens with two attached hydrogens (primary N) is 1. The fourth-order valence-corrected chi connectivity index (χ4v) is 7.73. The first-order valence-electron chi connectivity index (χ1n) is 14.1. The third-order valence-electron chi connectivity index (χ3n) is 8.00. The van der Waals surface area contributed by atoms with Crippen molar-refractivity contribution in [1.82, 2.24) is 14.8 Å². The fourth-order valence-electron chi connectivity index (χ4n) is 5.24. The standard InChI is InChI=1S/C28H28ClN5O12S2/c1-27(2,23(40)41)46-32-19(14-9-47-25(30)31-14)17(37)7-13-21(39)33-10-28(24(42)43,48-22(13)33)34-8-11(45-26(34)44)3-5-15(35)12-4-6-16(36)20(38)18(12)29/h4,6,9,11,13,22,36,38H,3,5,7-8,10H2,1-2H3,(H2,30,31)(H,40,41)(H,42,43)/b32-19-/t11?,13-,22-,28-/m1/s1. The maximum Gasteiger partial charge on any atom is 0.411 e. The van der Waals surface area contributed by atoms with Gasteiger partial charge in [0.2, 0.25) is 16.4 Å². The first kappa shape index (κ1) is 34.7. The number of oxime groups is 1. The van der Waals surface area contributed by atoms with Crippen LogP contribution < -0.4 is 5.73 Å². The number of ether oxygens (including phenoxy) is 1. The molecule has 3 fully saturated rings. The lowest BCUT2D eigenvalue weighted by atomic mass is 9.90.